The Labute approximate surface area is 165 Å². The molecule has 0 atom stereocenters. The summed E-state index contributed by atoms with van der Waals surface area (Å²) >= 11 is 0. The van der Waals surface area contributed by atoms with Crippen LogP contribution in [0, 0.1) is 5.82 Å². The van der Waals surface area contributed by atoms with Crippen molar-refractivity contribution in [1.82, 2.24) is 4.98 Å². The average Bonchev–Trinajstić information content (AvgIpc) is 2.68. The maximum Gasteiger partial charge on any atom is 0.341 e. The predicted molar refractivity (Wildman–Crippen MR) is 102 cm³/mol. The van der Waals surface area contributed by atoms with Gasteiger partial charge in [0.25, 0.3) is 0 Å². The number of hydrogen-bond acceptors (Lipinski definition) is 6. The second-order valence-corrected chi connectivity index (χ2v) is 6.29. The summed E-state index contributed by atoms with van der Waals surface area (Å²) in [6.45, 7) is 1.18. The van der Waals surface area contributed by atoms with Crippen LogP contribution in [-0.2, 0) is 16.0 Å². The molecule has 0 aliphatic heterocycles. The van der Waals surface area contributed by atoms with Crippen LogP contribution < -0.4 is 10.5 Å². The summed E-state index contributed by atoms with van der Waals surface area (Å²) in [5.74, 6) is -2.71. The fourth-order valence-corrected chi connectivity index (χ4v) is 2.96. The van der Waals surface area contributed by atoms with E-state index in [1.807, 2.05) is 0 Å². The van der Waals surface area contributed by atoms with Crippen LogP contribution in [0.2, 0.25) is 0 Å². The van der Waals surface area contributed by atoms with E-state index in [2.05, 4.69) is 4.98 Å². The molecule has 8 heteroatoms. The molecule has 0 aliphatic carbocycles. The van der Waals surface area contributed by atoms with Crippen LogP contribution in [0.1, 0.15) is 38.8 Å². The van der Waals surface area contributed by atoms with Gasteiger partial charge in [-0.3, -0.25) is 14.6 Å². The van der Waals surface area contributed by atoms with Crippen LogP contribution in [0.4, 0.5) is 4.39 Å². The molecule has 2 N–H and O–H groups in total. The number of methoxy groups -OCH3 is 1. The van der Waals surface area contributed by atoms with E-state index in [1.54, 1.807) is 18.2 Å². The smallest absolute Gasteiger partial charge is 0.341 e. The topological polar surface area (TPSA) is 109 Å². The highest BCUT2D eigenvalue weighted by molar-refractivity contribution is 6.11. The number of carbonyl (C=O) groups is 3. The minimum Gasteiger partial charge on any atom is -0.465 e. The van der Waals surface area contributed by atoms with Crippen molar-refractivity contribution in [3.05, 3.63) is 70.7 Å². The minimum absolute atomic E-state index is 0.0322. The van der Waals surface area contributed by atoms with Crippen LogP contribution in [0.3, 0.4) is 0 Å². The van der Waals surface area contributed by atoms with Gasteiger partial charge in [-0.25, -0.2) is 9.18 Å². The number of nitrogens with two attached hydrogens (primary N) is 1. The van der Waals surface area contributed by atoms with Gasteiger partial charge >= 0.3 is 11.9 Å². The number of primary amides is 1. The van der Waals surface area contributed by atoms with Gasteiger partial charge in [-0.1, -0.05) is 12.1 Å². The van der Waals surface area contributed by atoms with Crippen molar-refractivity contribution < 1.29 is 28.2 Å². The molecule has 0 unspecified atom stereocenters. The number of rotatable bonds is 5. The summed E-state index contributed by atoms with van der Waals surface area (Å²) in [5.41, 5.74) is 7.06. The van der Waals surface area contributed by atoms with Gasteiger partial charge < -0.3 is 15.2 Å². The van der Waals surface area contributed by atoms with Crippen LogP contribution in [0.5, 0.6) is 5.75 Å². The lowest BCUT2D eigenvalue weighted by Crippen LogP contribution is -2.16. The lowest BCUT2D eigenvalue weighted by atomic mass is 9.99. The van der Waals surface area contributed by atoms with E-state index in [9.17, 15) is 18.8 Å². The lowest BCUT2D eigenvalue weighted by molar-refractivity contribution is -0.131. The van der Waals surface area contributed by atoms with Crippen molar-refractivity contribution in [2.45, 2.75) is 13.3 Å². The third-order valence-corrected chi connectivity index (χ3v) is 4.22. The number of nitrogens with zero attached hydrogens (tertiary/aromatic N) is 1. The van der Waals surface area contributed by atoms with E-state index < -0.39 is 17.8 Å². The van der Waals surface area contributed by atoms with Gasteiger partial charge in [0, 0.05) is 24.1 Å². The lowest BCUT2D eigenvalue weighted by Gasteiger charge is -2.14. The Hall–Kier alpha value is -3.81. The Morgan fingerprint density at radius 1 is 1.07 bits per heavy atom. The maximum atomic E-state index is 13.1. The molecule has 29 heavy (non-hydrogen) atoms. The average molecular weight is 396 g/mol. The quantitative estimate of drug-likeness (QED) is 0.525. The first kappa shape index (κ1) is 19.9. The van der Waals surface area contributed by atoms with Crippen molar-refractivity contribution in [2.24, 2.45) is 5.73 Å². The molecule has 3 rings (SSSR count). The summed E-state index contributed by atoms with van der Waals surface area (Å²) < 4.78 is 23.0. The molecular weight excluding hydrogens is 379 g/mol. The zero-order chi connectivity index (χ0) is 21.1. The molecule has 0 fully saturated rings. The molecular formula is C21H17FN2O5. The molecule has 2 aromatic carbocycles. The van der Waals surface area contributed by atoms with Crippen molar-refractivity contribution in [3.63, 3.8) is 0 Å². The molecule has 0 saturated carbocycles. The minimum atomic E-state index is -0.803. The normalized spacial score (nSPS) is 10.6. The van der Waals surface area contributed by atoms with Crippen LogP contribution in [0.25, 0.3) is 10.9 Å². The van der Waals surface area contributed by atoms with E-state index in [-0.39, 0.29) is 28.2 Å². The monoisotopic (exact) mass is 396 g/mol. The van der Waals surface area contributed by atoms with Crippen molar-refractivity contribution in [3.8, 4) is 5.75 Å². The van der Waals surface area contributed by atoms with E-state index in [0.29, 0.717) is 17.4 Å². The van der Waals surface area contributed by atoms with Gasteiger partial charge in [0.15, 0.2) is 5.75 Å². The second kappa shape index (κ2) is 8.05. The van der Waals surface area contributed by atoms with Gasteiger partial charge in [0.2, 0.25) is 5.91 Å². The molecule has 3 aromatic rings. The largest absolute Gasteiger partial charge is 0.465 e. The summed E-state index contributed by atoms with van der Waals surface area (Å²) in [6.07, 6.45) is 1.94. The van der Waals surface area contributed by atoms with Crippen molar-refractivity contribution in [1.29, 1.82) is 0 Å². The van der Waals surface area contributed by atoms with Crippen molar-refractivity contribution in [2.75, 3.05) is 7.11 Å². The number of amides is 1. The number of pyridine rings is 1. The number of fused-ring (bicyclic) bond motifs is 1. The Morgan fingerprint density at radius 2 is 1.76 bits per heavy atom. The Balaban J connectivity index is 2.20. The number of ether oxygens (including phenoxy) is 2. The number of halogens is 1. The SMILES string of the molecule is COC(=O)c1cc(C(N)=O)c2cc(Cc3ccc(F)cc3)cnc2c1OC(C)=O. The van der Waals surface area contributed by atoms with E-state index in [0.717, 1.165) is 12.7 Å². The second-order valence-electron chi connectivity index (χ2n) is 6.29. The molecule has 0 bridgehead atoms. The van der Waals surface area contributed by atoms with Gasteiger partial charge in [-0.05, 0) is 41.8 Å². The molecule has 0 radical (unpaired) electrons. The molecule has 0 aliphatic rings. The number of carbonyl (C=O) groups excluding carboxylic acids is 3. The third kappa shape index (κ3) is 4.21. The molecule has 0 saturated heterocycles. The fourth-order valence-electron chi connectivity index (χ4n) is 2.96. The van der Waals surface area contributed by atoms with Gasteiger partial charge in [-0.2, -0.15) is 0 Å². The first-order valence-corrected chi connectivity index (χ1v) is 8.56. The number of aromatic nitrogens is 1. The summed E-state index contributed by atoms with van der Waals surface area (Å²) in [5, 5.41) is 0.320. The number of esters is 2. The highest BCUT2D eigenvalue weighted by Crippen LogP contribution is 2.33. The van der Waals surface area contributed by atoms with Gasteiger partial charge in [0.05, 0.1) is 7.11 Å². The molecule has 1 amide bonds. The molecule has 1 heterocycles. The first-order chi connectivity index (χ1) is 13.8. The van der Waals surface area contributed by atoms with Gasteiger partial charge in [-0.15, -0.1) is 0 Å². The van der Waals surface area contributed by atoms with E-state index >= 15 is 0 Å². The Morgan fingerprint density at radius 3 is 2.34 bits per heavy atom. The molecule has 0 spiro atoms. The maximum absolute atomic E-state index is 13.1. The first-order valence-electron chi connectivity index (χ1n) is 8.56. The van der Waals surface area contributed by atoms with E-state index in [1.165, 1.54) is 31.3 Å². The third-order valence-electron chi connectivity index (χ3n) is 4.22. The molecule has 148 valence electrons. The molecule has 1 aromatic heterocycles. The van der Waals surface area contributed by atoms with E-state index in [4.69, 9.17) is 15.2 Å². The van der Waals surface area contributed by atoms with Crippen LogP contribution in [0.15, 0.2) is 42.6 Å². The Bertz CT molecular complexity index is 1130. The zero-order valence-corrected chi connectivity index (χ0v) is 15.7. The Kier molecular flexibility index (Phi) is 5.54. The number of benzene rings is 2. The fraction of sp³-hybridized carbons (Fsp3) is 0.143. The standard InChI is InChI=1S/C21H17FN2O5/c1-11(25)29-19-17(21(27)28-2)9-16(20(23)26)15-8-13(10-24-18(15)19)7-12-3-5-14(22)6-4-12/h3-6,8-10H,7H2,1-2H3,(H2,23,26). The highest BCUT2D eigenvalue weighted by Gasteiger charge is 2.24. The number of hydrogen-bond donors (Lipinski definition) is 1. The summed E-state index contributed by atoms with van der Waals surface area (Å²) in [4.78, 5) is 40.0. The summed E-state index contributed by atoms with van der Waals surface area (Å²) in [6, 6.07) is 8.86. The zero-order valence-electron chi connectivity index (χ0n) is 15.7. The van der Waals surface area contributed by atoms with Crippen LogP contribution in [-0.4, -0.2) is 29.9 Å². The van der Waals surface area contributed by atoms with Crippen LogP contribution >= 0.6 is 0 Å². The van der Waals surface area contributed by atoms with Crippen molar-refractivity contribution >= 4 is 28.7 Å². The molecule has 7 nitrogen and oxygen atoms in total. The predicted octanol–water partition coefficient (Wildman–Crippen LogP) is 2.78. The van der Waals surface area contributed by atoms with Gasteiger partial charge in [0.1, 0.15) is 16.9 Å². The summed E-state index contributed by atoms with van der Waals surface area (Å²) in [7, 11) is 1.16. The highest BCUT2D eigenvalue weighted by atomic mass is 19.1.